The number of nitrogens with zero attached hydrogens (tertiary/aromatic N) is 3. The molecule has 0 aliphatic heterocycles. The summed E-state index contributed by atoms with van der Waals surface area (Å²) >= 11 is 0. The van der Waals surface area contributed by atoms with Gasteiger partial charge in [0.05, 0.1) is 31.3 Å². The van der Waals surface area contributed by atoms with Gasteiger partial charge in [-0.3, -0.25) is 4.79 Å². The normalized spacial score (nSPS) is 11.4. The number of anilines is 1. The molecule has 0 saturated carbocycles. The van der Waals surface area contributed by atoms with Gasteiger partial charge in [0, 0.05) is 19.5 Å². The van der Waals surface area contributed by atoms with Gasteiger partial charge in [-0.1, -0.05) is 17.3 Å². The maximum Gasteiger partial charge on any atom is 0.243 e. The van der Waals surface area contributed by atoms with Crippen molar-refractivity contribution in [3.05, 3.63) is 48.4 Å². The molecule has 11 heteroatoms. The number of methoxy groups -OCH3 is 2. The van der Waals surface area contributed by atoms with Crippen LogP contribution in [0, 0.1) is 0 Å². The minimum Gasteiger partial charge on any atom is -0.497 e. The molecule has 3 aromatic rings. The van der Waals surface area contributed by atoms with Crippen LogP contribution in [-0.2, 0) is 21.4 Å². The fraction of sp³-hybridized carbons (Fsp3) is 0.250. The van der Waals surface area contributed by atoms with E-state index in [2.05, 4.69) is 15.5 Å². The van der Waals surface area contributed by atoms with Gasteiger partial charge in [-0.15, -0.1) is 0 Å². The van der Waals surface area contributed by atoms with E-state index < -0.39 is 10.0 Å². The van der Waals surface area contributed by atoms with Crippen molar-refractivity contribution in [2.24, 2.45) is 0 Å². The summed E-state index contributed by atoms with van der Waals surface area (Å²) in [5.41, 5.74) is 0.928. The summed E-state index contributed by atoms with van der Waals surface area (Å²) in [6.07, 6.45) is 0. The molecule has 1 amide bonds. The monoisotopic (exact) mass is 446 g/mol. The van der Waals surface area contributed by atoms with E-state index in [0.29, 0.717) is 22.9 Å². The lowest BCUT2D eigenvalue weighted by Gasteiger charge is -2.17. The molecular weight excluding hydrogens is 424 g/mol. The summed E-state index contributed by atoms with van der Waals surface area (Å²) in [6.45, 7) is 1.18. The molecule has 0 radical (unpaired) electrons. The molecule has 31 heavy (non-hydrogen) atoms. The predicted octanol–water partition coefficient (Wildman–Crippen LogP) is 2.53. The van der Waals surface area contributed by atoms with Gasteiger partial charge >= 0.3 is 0 Å². The molecule has 1 N–H and O–H groups in total. The van der Waals surface area contributed by atoms with Gasteiger partial charge in [-0.2, -0.15) is 9.29 Å². The smallest absolute Gasteiger partial charge is 0.243 e. The molecule has 1 aromatic heterocycles. The Bertz CT molecular complexity index is 1190. The van der Waals surface area contributed by atoms with Crippen LogP contribution in [-0.4, -0.2) is 50.0 Å². The van der Waals surface area contributed by atoms with E-state index in [1.165, 1.54) is 39.3 Å². The van der Waals surface area contributed by atoms with Crippen LogP contribution in [0.25, 0.3) is 11.4 Å². The number of amides is 1. The molecule has 0 saturated heterocycles. The van der Waals surface area contributed by atoms with Gasteiger partial charge in [0.25, 0.3) is 0 Å². The minimum absolute atomic E-state index is 0.0212. The lowest BCUT2D eigenvalue weighted by molar-refractivity contribution is -0.114. The van der Waals surface area contributed by atoms with Gasteiger partial charge in [0.2, 0.25) is 27.6 Å². The maximum atomic E-state index is 13.0. The van der Waals surface area contributed by atoms with E-state index in [1.807, 2.05) is 0 Å². The number of sulfonamides is 1. The highest BCUT2D eigenvalue weighted by molar-refractivity contribution is 7.89. The van der Waals surface area contributed by atoms with Crippen LogP contribution in [0.2, 0.25) is 0 Å². The number of carbonyl (C=O) groups is 1. The Morgan fingerprint density at radius 1 is 1.16 bits per heavy atom. The molecule has 1 heterocycles. The first-order valence-electron chi connectivity index (χ1n) is 9.13. The third-order valence-corrected chi connectivity index (χ3v) is 6.14. The quantitative estimate of drug-likeness (QED) is 0.560. The van der Waals surface area contributed by atoms with Gasteiger partial charge in [0.1, 0.15) is 11.5 Å². The van der Waals surface area contributed by atoms with E-state index in [-0.39, 0.29) is 28.9 Å². The van der Waals surface area contributed by atoms with Crippen molar-refractivity contribution in [1.82, 2.24) is 14.4 Å². The second kappa shape index (κ2) is 9.14. The van der Waals surface area contributed by atoms with Crippen LogP contribution in [0.5, 0.6) is 11.5 Å². The van der Waals surface area contributed by atoms with Crippen LogP contribution in [0.4, 0.5) is 5.69 Å². The maximum absolute atomic E-state index is 13.0. The highest BCUT2D eigenvalue weighted by atomic mass is 32.2. The molecule has 164 valence electrons. The zero-order valence-corrected chi connectivity index (χ0v) is 18.3. The highest BCUT2D eigenvalue weighted by Gasteiger charge is 2.25. The number of aromatic nitrogens is 2. The third kappa shape index (κ3) is 5.01. The zero-order valence-electron chi connectivity index (χ0n) is 17.4. The lowest BCUT2D eigenvalue weighted by Crippen LogP contribution is -2.26. The molecule has 10 nitrogen and oxygen atoms in total. The van der Waals surface area contributed by atoms with Crippen LogP contribution in [0.3, 0.4) is 0 Å². The topological polar surface area (TPSA) is 124 Å². The van der Waals surface area contributed by atoms with Crippen molar-refractivity contribution in [2.45, 2.75) is 18.4 Å². The molecular formula is C20H22N4O6S. The number of hydrogen-bond acceptors (Lipinski definition) is 8. The molecule has 0 spiro atoms. The third-order valence-electron chi connectivity index (χ3n) is 4.34. The number of nitrogens with one attached hydrogen (secondary N) is 1. The number of ether oxygens (including phenoxy) is 2. The molecule has 3 rings (SSSR count). The van der Waals surface area contributed by atoms with Crippen molar-refractivity contribution >= 4 is 21.6 Å². The lowest BCUT2D eigenvalue weighted by atomic mass is 10.2. The van der Waals surface area contributed by atoms with Gasteiger partial charge in [-0.25, -0.2) is 8.42 Å². The van der Waals surface area contributed by atoms with Crippen LogP contribution >= 0.6 is 0 Å². The second-order valence-electron chi connectivity index (χ2n) is 6.55. The van der Waals surface area contributed by atoms with Gasteiger partial charge < -0.3 is 19.3 Å². The zero-order chi connectivity index (χ0) is 22.6. The van der Waals surface area contributed by atoms with Crippen molar-refractivity contribution in [3.8, 4) is 22.9 Å². The Labute approximate surface area is 179 Å². The average molecular weight is 446 g/mol. The SMILES string of the molecule is COc1cccc(-c2noc(CN(C)S(=O)(=O)c3ccc(OC)c(NC(C)=O)c3)n2)c1. The molecule has 0 atom stereocenters. The Morgan fingerprint density at radius 3 is 2.61 bits per heavy atom. The Morgan fingerprint density at radius 2 is 1.94 bits per heavy atom. The molecule has 0 aliphatic carbocycles. The first-order valence-corrected chi connectivity index (χ1v) is 10.6. The summed E-state index contributed by atoms with van der Waals surface area (Å²) < 4.78 is 42.7. The summed E-state index contributed by atoms with van der Waals surface area (Å²) in [4.78, 5) is 15.7. The fourth-order valence-corrected chi connectivity index (χ4v) is 3.94. The van der Waals surface area contributed by atoms with Crippen LogP contribution < -0.4 is 14.8 Å². The fourth-order valence-electron chi connectivity index (χ4n) is 2.79. The Hall–Kier alpha value is -3.44. The predicted molar refractivity (Wildman–Crippen MR) is 112 cm³/mol. The average Bonchev–Trinajstić information content (AvgIpc) is 3.21. The van der Waals surface area contributed by atoms with Gasteiger partial charge in [-0.05, 0) is 30.3 Å². The first kappa shape index (κ1) is 22.2. The van der Waals surface area contributed by atoms with Crippen molar-refractivity contribution in [2.75, 3.05) is 26.6 Å². The molecule has 2 aromatic carbocycles. The van der Waals surface area contributed by atoms with Crippen LogP contribution in [0.1, 0.15) is 12.8 Å². The second-order valence-corrected chi connectivity index (χ2v) is 8.59. The van der Waals surface area contributed by atoms with E-state index >= 15 is 0 Å². The van der Waals surface area contributed by atoms with Crippen molar-refractivity contribution in [3.63, 3.8) is 0 Å². The number of benzene rings is 2. The minimum atomic E-state index is -3.91. The molecule has 0 bridgehead atoms. The first-order chi connectivity index (χ1) is 14.7. The summed E-state index contributed by atoms with van der Waals surface area (Å²) in [6, 6.07) is 11.3. The molecule has 0 aliphatic rings. The number of rotatable bonds is 8. The van der Waals surface area contributed by atoms with Crippen LogP contribution in [0.15, 0.2) is 51.9 Å². The Kier molecular flexibility index (Phi) is 6.56. The van der Waals surface area contributed by atoms with E-state index in [9.17, 15) is 13.2 Å². The number of carbonyl (C=O) groups excluding carboxylic acids is 1. The molecule has 0 unspecified atom stereocenters. The Balaban J connectivity index is 1.82. The summed E-state index contributed by atoms with van der Waals surface area (Å²) in [5, 5.41) is 6.47. The van der Waals surface area contributed by atoms with E-state index in [4.69, 9.17) is 14.0 Å². The van der Waals surface area contributed by atoms with Crippen molar-refractivity contribution in [1.29, 1.82) is 0 Å². The van der Waals surface area contributed by atoms with E-state index in [0.717, 1.165) is 4.31 Å². The molecule has 0 fully saturated rings. The summed E-state index contributed by atoms with van der Waals surface area (Å²) in [7, 11) is 0.468. The summed E-state index contributed by atoms with van der Waals surface area (Å²) in [5.74, 6) is 1.07. The van der Waals surface area contributed by atoms with Crippen molar-refractivity contribution < 1.29 is 27.2 Å². The number of hydrogen-bond donors (Lipinski definition) is 1. The largest absolute Gasteiger partial charge is 0.497 e. The van der Waals surface area contributed by atoms with Gasteiger partial charge in [0.15, 0.2) is 0 Å². The van der Waals surface area contributed by atoms with E-state index in [1.54, 1.807) is 31.4 Å². The highest BCUT2D eigenvalue weighted by Crippen LogP contribution is 2.29. The standard InChI is InChI=1S/C20H22N4O6S/c1-13(25)21-17-11-16(8-9-18(17)29-4)31(26,27)24(2)12-19-22-20(23-30-19)14-6-5-7-15(10-14)28-3/h5-11H,12H2,1-4H3,(H,21,25).